The first-order valence-electron chi connectivity index (χ1n) is 12.5. The summed E-state index contributed by atoms with van der Waals surface area (Å²) in [5.74, 6) is -0.234. The normalized spacial score (nSPS) is 11.9. The third-order valence-electron chi connectivity index (χ3n) is 6.36. The van der Waals surface area contributed by atoms with Gasteiger partial charge in [0.1, 0.15) is 18.3 Å². The van der Waals surface area contributed by atoms with Crippen molar-refractivity contribution >= 4 is 39.1 Å². The number of sulfonamides is 1. The molecule has 0 aliphatic carbocycles. The molecule has 8 nitrogen and oxygen atoms in total. The fraction of sp³-hybridized carbons (Fsp3) is 0.310. The van der Waals surface area contributed by atoms with Gasteiger partial charge in [-0.05, 0) is 75.2 Å². The molecule has 3 aromatic rings. The van der Waals surface area contributed by atoms with Crippen molar-refractivity contribution in [3.63, 3.8) is 0 Å². The maximum Gasteiger partial charge on any atom is 0.264 e. The molecule has 3 aromatic carbocycles. The Morgan fingerprint density at radius 3 is 2.21 bits per heavy atom. The molecule has 1 atom stereocenters. The average Bonchev–Trinajstić information content (AvgIpc) is 2.92. The summed E-state index contributed by atoms with van der Waals surface area (Å²) in [4.78, 5) is 28.1. The van der Waals surface area contributed by atoms with Gasteiger partial charge in [-0.25, -0.2) is 8.42 Å². The summed E-state index contributed by atoms with van der Waals surface area (Å²) in [6, 6.07) is 17.5. The summed E-state index contributed by atoms with van der Waals surface area (Å²) in [5, 5.41) is 3.11. The van der Waals surface area contributed by atoms with Gasteiger partial charge in [0.15, 0.2) is 0 Å². The van der Waals surface area contributed by atoms with Crippen LogP contribution in [0.5, 0.6) is 5.75 Å². The zero-order chi connectivity index (χ0) is 28.7. The van der Waals surface area contributed by atoms with E-state index in [4.69, 9.17) is 16.3 Å². The van der Waals surface area contributed by atoms with Gasteiger partial charge in [0.25, 0.3) is 10.0 Å². The first-order chi connectivity index (χ1) is 18.5. The molecule has 0 saturated heterocycles. The van der Waals surface area contributed by atoms with Crippen molar-refractivity contribution in [3.05, 3.63) is 88.4 Å². The molecule has 0 spiro atoms. The summed E-state index contributed by atoms with van der Waals surface area (Å²) in [6.07, 6.45) is 0. The van der Waals surface area contributed by atoms with Gasteiger partial charge in [-0.2, -0.15) is 0 Å². The van der Waals surface area contributed by atoms with Gasteiger partial charge in [0, 0.05) is 18.1 Å². The number of amides is 2. The Balaban J connectivity index is 2.04. The molecule has 0 radical (unpaired) electrons. The molecule has 0 aliphatic rings. The number of halogens is 1. The average molecular weight is 572 g/mol. The van der Waals surface area contributed by atoms with Gasteiger partial charge in [-0.3, -0.25) is 13.9 Å². The number of hydrogen-bond acceptors (Lipinski definition) is 5. The summed E-state index contributed by atoms with van der Waals surface area (Å²) in [6.45, 7) is 7.02. The van der Waals surface area contributed by atoms with Crippen molar-refractivity contribution < 1.29 is 22.7 Å². The second-order valence-corrected chi connectivity index (χ2v) is 11.5. The highest BCUT2D eigenvalue weighted by molar-refractivity contribution is 7.92. The maximum atomic E-state index is 13.9. The number of hydrogen-bond donors (Lipinski definition) is 1. The highest BCUT2D eigenvalue weighted by Gasteiger charge is 2.32. The first-order valence-corrected chi connectivity index (χ1v) is 14.4. The summed E-state index contributed by atoms with van der Waals surface area (Å²) < 4.78 is 34.0. The van der Waals surface area contributed by atoms with Crippen LogP contribution in [0.1, 0.15) is 30.5 Å². The van der Waals surface area contributed by atoms with Crippen molar-refractivity contribution in [3.8, 4) is 5.75 Å². The smallest absolute Gasteiger partial charge is 0.264 e. The Bertz CT molecular complexity index is 1410. The lowest BCUT2D eigenvalue weighted by Crippen LogP contribution is -2.51. The van der Waals surface area contributed by atoms with Crippen LogP contribution in [0.25, 0.3) is 0 Å². The van der Waals surface area contributed by atoms with E-state index < -0.39 is 28.5 Å². The largest absolute Gasteiger partial charge is 0.497 e. The molecule has 3 rings (SSSR count). The van der Waals surface area contributed by atoms with Crippen LogP contribution < -0.4 is 14.4 Å². The SMILES string of the molecule is CCNC(=O)C(C)N(Cc1ccc(OC)cc1)C(=O)CN(c1ccc(C)c(Cl)c1)S(=O)(=O)c1ccc(C)cc1. The van der Waals surface area contributed by atoms with Crippen molar-refractivity contribution in [1.29, 1.82) is 0 Å². The monoisotopic (exact) mass is 571 g/mol. The Labute approximate surface area is 235 Å². The van der Waals surface area contributed by atoms with Crippen LogP contribution in [-0.2, 0) is 26.2 Å². The number of carbonyl (C=O) groups excluding carboxylic acids is 2. The van der Waals surface area contributed by atoms with Crippen molar-refractivity contribution in [1.82, 2.24) is 10.2 Å². The van der Waals surface area contributed by atoms with E-state index in [0.717, 1.165) is 21.0 Å². The summed E-state index contributed by atoms with van der Waals surface area (Å²) in [7, 11) is -2.60. The molecule has 0 heterocycles. The lowest BCUT2D eigenvalue weighted by molar-refractivity contribution is -0.139. The van der Waals surface area contributed by atoms with Crippen molar-refractivity contribution in [2.24, 2.45) is 0 Å². The number of ether oxygens (including phenoxy) is 1. The van der Waals surface area contributed by atoms with E-state index >= 15 is 0 Å². The Morgan fingerprint density at radius 1 is 1.00 bits per heavy atom. The van der Waals surface area contributed by atoms with Crippen LogP contribution >= 0.6 is 11.6 Å². The standard InChI is InChI=1S/C29H34ClN3O5S/c1-6-31-29(35)22(4)32(18-23-10-13-25(38-5)14-11-23)28(34)19-33(24-12-9-21(3)27(30)17-24)39(36,37)26-15-7-20(2)8-16-26/h7-17,22H,6,18-19H2,1-5H3,(H,31,35). The van der Waals surface area contributed by atoms with Crippen molar-refractivity contribution in [2.75, 3.05) is 24.5 Å². The van der Waals surface area contributed by atoms with Crippen LogP contribution in [0.2, 0.25) is 5.02 Å². The van der Waals surface area contributed by atoms with E-state index in [1.54, 1.807) is 76.4 Å². The van der Waals surface area contributed by atoms with Gasteiger partial charge in [-0.15, -0.1) is 0 Å². The molecular formula is C29H34ClN3O5S. The third-order valence-corrected chi connectivity index (χ3v) is 8.56. The number of aryl methyl sites for hydroxylation is 2. The molecule has 208 valence electrons. The molecule has 0 saturated carbocycles. The molecule has 1 N–H and O–H groups in total. The quantitative estimate of drug-likeness (QED) is 0.359. The van der Waals surface area contributed by atoms with Crippen LogP contribution in [0.4, 0.5) is 5.69 Å². The van der Waals surface area contributed by atoms with E-state index in [9.17, 15) is 18.0 Å². The number of nitrogens with zero attached hydrogens (tertiary/aromatic N) is 2. The van der Waals surface area contributed by atoms with Gasteiger partial charge in [-0.1, -0.05) is 47.5 Å². The zero-order valence-electron chi connectivity index (χ0n) is 22.8. The minimum Gasteiger partial charge on any atom is -0.497 e. The van der Waals surface area contributed by atoms with E-state index in [2.05, 4.69) is 5.32 Å². The van der Waals surface area contributed by atoms with E-state index in [-0.39, 0.29) is 23.0 Å². The predicted molar refractivity (Wildman–Crippen MR) is 154 cm³/mol. The summed E-state index contributed by atoms with van der Waals surface area (Å²) >= 11 is 6.35. The van der Waals surface area contributed by atoms with Gasteiger partial charge in [0.05, 0.1) is 17.7 Å². The second-order valence-electron chi connectivity index (χ2n) is 9.20. The minimum absolute atomic E-state index is 0.0380. The van der Waals surface area contributed by atoms with Crippen LogP contribution in [0.3, 0.4) is 0 Å². The maximum absolute atomic E-state index is 13.9. The minimum atomic E-state index is -4.16. The second kappa shape index (κ2) is 13.0. The molecule has 0 aliphatic heterocycles. The number of nitrogens with one attached hydrogen (secondary N) is 1. The third kappa shape index (κ3) is 7.30. The molecule has 2 amide bonds. The van der Waals surface area contributed by atoms with E-state index in [0.29, 0.717) is 17.3 Å². The van der Waals surface area contributed by atoms with Gasteiger partial charge >= 0.3 is 0 Å². The topological polar surface area (TPSA) is 96.0 Å². The molecule has 0 bridgehead atoms. The van der Waals surface area contributed by atoms with Crippen LogP contribution in [0.15, 0.2) is 71.6 Å². The number of methoxy groups -OCH3 is 1. The number of rotatable bonds is 11. The molecule has 1 unspecified atom stereocenters. The first kappa shape index (κ1) is 30.0. The lowest BCUT2D eigenvalue weighted by Gasteiger charge is -2.32. The molecule has 39 heavy (non-hydrogen) atoms. The highest BCUT2D eigenvalue weighted by Crippen LogP contribution is 2.29. The van der Waals surface area contributed by atoms with E-state index in [1.165, 1.54) is 23.1 Å². The molecule has 0 aromatic heterocycles. The fourth-order valence-corrected chi connectivity index (χ4v) is 5.52. The Morgan fingerprint density at radius 2 is 1.64 bits per heavy atom. The number of anilines is 1. The van der Waals surface area contributed by atoms with E-state index in [1.807, 2.05) is 6.92 Å². The van der Waals surface area contributed by atoms with Crippen LogP contribution in [0, 0.1) is 13.8 Å². The number of likely N-dealkylation sites (N-methyl/N-ethyl adjacent to an activating group) is 1. The van der Waals surface area contributed by atoms with Crippen molar-refractivity contribution in [2.45, 2.75) is 45.2 Å². The number of carbonyl (C=O) groups is 2. The fourth-order valence-electron chi connectivity index (χ4n) is 3.94. The summed E-state index contributed by atoms with van der Waals surface area (Å²) in [5.41, 5.74) is 2.67. The molecule has 0 fully saturated rings. The number of benzene rings is 3. The van der Waals surface area contributed by atoms with Gasteiger partial charge in [0.2, 0.25) is 11.8 Å². The Hall–Kier alpha value is -3.56. The zero-order valence-corrected chi connectivity index (χ0v) is 24.3. The Kier molecular flexibility index (Phi) is 9.99. The predicted octanol–water partition coefficient (Wildman–Crippen LogP) is 4.71. The molecule has 10 heteroatoms. The molecular weight excluding hydrogens is 538 g/mol. The lowest BCUT2D eigenvalue weighted by atomic mass is 10.1. The highest BCUT2D eigenvalue weighted by atomic mass is 35.5. The van der Waals surface area contributed by atoms with Gasteiger partial charge < -0.3 is 15.0 Å². The van der Waals surface area contributed by atoms with Crippen LogP contribution in [-0.4, -0.2) is 51.4 Å².